The van der Waals surface area contributed by atoms with Gasteiger partial charge < -0.3 is 19.7 Å². The van der Waals surface area contributed by atoms with Gasteiger partial charge in [-0.05, 0) is 79.3 Å². The van der Waals surface area contributed by atoms with Crippen LogP contribution in [0.1, 0.15) is 46.8 Å². The molecule has 1 saturated heterocycles. The number of carbonyl (C=O) groups is 1. The summed E-state index contributed by atoms with van der Waals surface area (Å²) in [5.74, 6) is 0.845. The van der Waals surface area contributed by atoms with Crippen molar-refractivity contribution in [2.75, 3.05) is 37.8 Å². The van der Waals surface area contributed by atoms with Gasteiger partial charge in [0.1, 0.15) is 5.75 Å². The van der Waals surface area contributed by atoms with Crippen LogP contribution >= 0.6 is 0 Å². The molecule has 5 nitrogen and oxygen atoms in total. The van der Waals surface area contributed by atoms with Gasteiger partial charge in [0.2, 0.25) is 0 Å². The molecule has 3 aromatic rings. The van der Waals surface area contributed by atoms with Crippen molar-refractivity contribution in [3.05, 3.63) is 95.1 Å². The third kappa shape index (κ3) is 5.20. The molecule has 1 amide bonds. The van der Waals surface area contributed by atoms with E-state index in [2.05, 4.69) is 58.7 Å². The quantitative estimate of drug-likeness (QED) is 0.520. The second-order valence-corrected chi connectivity index (χ2v) is 9.52. The van der Waals surface area contributed by atoms with Crippen molar-refractivity contribution in [3.63, 3.8) is 0 Å². The number of anilines is 1. The third-order valence-electron chi connectivity index (χ3n) is 7.44. The van der Waals surface area contributed by atoms with Gasteiger partial charge in [-0.1, -0.05) is 36.4 Å². The van der Waals surface area contributed by atoms with Crippen LogP contribution in [0.25, 0.3) is 0 Å². The molecule has 0 bridgehead atoms. The van der Waals surface area contributed by atoms with Crippen molar-refractivity contribution >= 4 is 11.6 Å². The molecule has 0 radical (unpaired) electrons. The molecule has 2 heterocycles. The first-order valence-corrected chi connectivity index (χ1v) is 12.7. The van der Waals surface area contributed by atoms with Crippen LogP contribution in [0.5, 0.6) is 5.75 Å². The van der Waals surface area contributed by atoms with Crippen LogP contribution in [0.2, 0.25) is 0 Å². The van der Waals surface area contributed by atoms with Crippen LogP contribution in [-0.4, -0.2) is 38.8 Å². The molecule has 0 aromatic heterocycles. The highest BCUT2D eigenvalue weighted by Crippen LogP contribution is 2.35. The molecule has 182 valence electrons. The first-order chi connectivity index (χ1) is 17.2. The smallest absolute Gasteiger partial charge is 0.251 e. The molecule has 5 rings (SSSR count). The number of carbonyl (C=O) groups excluding carboxylic acids is 1. The summed E-state index contributed by atoms with van der Waals surface area (Å²) in [6, 6.07) is 25.0. The Morgan fingerprint density at radius 3 is 2.40 bits per heavy atom. The van der Waals surface area contributed by atoms with Crippen LogP contribution < -0.4 is 15.0 Å². The number of fused-ring (bicyclic) bond motifs is 1. The Kier molecular flexibility index (Phi) is 7.05. The number of ether oxygens (including phenoxy) is 2. The van der Waals surface area contributed by atoms with Gasteiger partial charge in [-0.2, -0.15) is 0 Å². The van der Waals surface area contributed by atoms with Crippen molar-refractivity contribution in [3.8, 4) is 5.75 Å². The van der Waals surface area contributed by atoms with E-state index < -0.39 is 0 Å². The predicted molar refractivity (Wildman–Crippen MR) is 139 cm³/mol. The highest BCUT2D eigenvalue weighted by molar-refractivity contribution is 5.94. The second kappa shape index (κ2) is 10.5. The number of benzene rings is 3. The molecule has 0 spiro atoms. The first kappa shape index (κ1) is 23.4. The Morgan fingerprint density at radius 1 is 0.971 bits per heavy atom. The summed E-state index contributed by atoms with van der Waals surface area (Å²) in [6.07, 6.45) is 2.82. The zero-order chi connectivity index (χ0) is 24.1. The van der Waals surface area contributed by atoms with Crippen molar-refractivity contribution in [1.29, 1.82) is 0 Å². The standard InChI is InChI=1S/C30H34N2O3/c1-2-35-28-13-9-26(10-14-28)30(16-19-34-20-17-30)22-31-29(33)24-7-11-27(12-8-24)32-18-15-23-5-3-4-6-25(23)21-32/h3-14H,2,15-22H2,1H3,(H,31,33). The van der Waals surface area contributed by atoms with Crippen LogP contribution in [0.15, 0.2) is 72.8 Å². The molecule has 3 aromatic carbocycles. The average molecular weight is 471 g/mol. The molecular weight excluding hydrogens is 436 g/mol. The maximum absolute atomic E-state index is 13.1. The molecule has 0 saturated carbocycles. The summed E-state index contributed by atoms with van der Waals surface area (Å²) in [5, 5.41) is 3.22. The number of amides is 1. The minimum Gasteiger partial charge on any atom is -0.494 e. The lowest BCUT2D eigenvalue weighted by molar-refractivity contribution is 0.0487. The van der Waals surface area contributed by atoms with Crippen LogP contribution in [0.3, 0.4) is 0 Å². The molecule has 5 heteroatoms. The lowest BCUT2D eigenvalue weighted by Crippen LogP contribution is -2.44. The third-order valence-corrected chi connectivity index (χ3v) is 7.44. The predicted octanol–water partition coefficient (Wildman–Crippen LogP) is 5.13. The van der Waals surface area contributed by atoms with Crippen molar-refractivity contribution in [2.24, 2.45) is 0 Å². The van der Waals surface area contributed by atoms with Crippen LogP contribution in [0.4, 0.5) is 5.69 Å². The lowest BCUT2D eigenvalue weighted by Gasteiger charge is -2.38. The van der Waals surface area contributed by atoms with Gasteiger partial charge in [0.05, 0.1) is 6.61 Å². The SMILES string of the molecule is CCOc1ccc(C2(CNC(=O)c3ccc(N4CCc5ccccc5C4)cc3)CCOCC2)cc1. The van der Waals surface area contributed by atoms with Gasteiger partial charge in [0.25, 0.3) is 5.91 Å². The van der Waals surface area contributed by atoms with Crippen molar-refractivity contribution in [1.82, 2.24) is 5.32 Å². The van der Waals surface area contributed by atoms with Crippen molar-refractivity contribution < 1.29 is 14.3 Å². The summed E-state index contributed by atoms with van der Waals surface area (Å²) < 4.78 is 11.3. The van der Waals surface area contributed by atoms with Gasteiger partial charge >= 0.3 is 0 Å². The van der Waals surface area contributed by atoms with Gasteiger partial charge in [0, 0.05) is 49.5 Å². The minimum atomic E-state index is -0.125. The average Bonchev–Trinajstić information content (AvgIpc) is 2.92. The number of hydrogen-bond donors (Lipinski definition) is 1. The maximum atomic E-state index is 13.1. The summed E-state index contributed by atoms with van der Waals surface area (Å²) in [5.41, 5.74) is 5.78. The molecule has 0 atom stereocenters. The van der Waals surface area contributed by atoms with E-state index in [-0.39, 0.29) is 11.3 Å². The highest BCUT2D eigenvalue weighted by atomic mass is 16.5. The number of rotatable bonds is 7. The first-order valence-electron chi connectivity index (χ1n) is 12.7. The zero-order valence-corrected chi connectivity index (χ0v) is 20.5. The molecule has 2 aliphatic heterocycles. The molecule has 2 aliphatic rings. The lowest BCUT2D eigenvalue weighted by atomic mass is 9.74. The molecule has 1 N–H and O–H groups in total. The Labute approximate surface area is 208 Å². The number of nitrogens with one attached hydrogen (secondary N) is 1. The largest absolute Gasteiger partial charge is 0.494 e. The highest BCUT2D eigenvalue weighted by Gasteiger charge is 2.35. The Balaban J connectivity index is 1.24. The normalized spacial score (nSPS) is 16.9. The van der Waals surface area contributed by atoms with Gasteiger partial charge in [-0.3, -0.25) is 4.79 Å². The van der Waals surface area contributed by atoms with Gasteiger partial charge in [-0.15, -0.1) is 0 Å². The van der Waals surface area contributed by atoms with E-state index in [0.29, 0.717) is 31.9 Å². The number of hydrogen-bond acceptors (Lipinski definition) is 4. The summed E-state index contributed by atoms with van der Waals surface area (Å²) in [7, 11) is 0. The molecule has 35 heavy (non-hydrogen) atoms. The Bertz CT molecular complexity index is 1140. The fraction of sp³-hybridized carbons (Fsp3) is 0.367. The maximum Gasteiger partial charge on any atom is 0.251 e. The Hall–Kier alpha value is -3.31. The molecule has 1 fully saturated rings. The van der Waals surface area contributed by atoms with Crippen LogP contribution in [-0.2, 0) is 23.1 Å². The monoisotopic (exact) mass is 470 g/mol. The van der Waals surface area contributed by atoms with Gasteiger partial charge in [-0.25, -0.2) is 0 Å². The second-order valence-electron chi connectivity index (χ2n) is 9.52. The van der Waals surface area contributed by atoms with Crippen molar-refractivity contribution in [2.45, 2.75) is 38.1 Å². The van der Waals surface area contributed by atoms with E-state index >= 15 is 0 Å². The number of nitrogens with zero attached hydrogens (tertiary/aromatic N) is 1. The minimum absolute atomic E-state index is 0.0302. The van der Waals surface area contributed by atoms with Gasteiger partial charge in [0.15, 0.2) is 0 Å². The molecule has 0 aliphatic carbocycles. The Morgan fingerprint density at radius 2 is 1.69 bits per heavy atom. The van der Waals surface area contributed by atoms with E-state index in [4.69, 9.17) is 9.47 Å². The topological polar surface area (TPSA) is 50.8 Å². The molecular formula is C30H34N2O3. The fourth-order valence-corrected chi connectivity index (χ4v) is 5.29. The summed E-state index contributed by atoms with van der Waals surface area (Å²) in [6.45, 7) is 6.55. The van der Waals surface area contributed by atoms with E-state index in [1.165, 1.54) is 16.7 Å². The summed E-state index contributed by atoms with van der Waals surface area (Å²) in [4.78, 5) is 15.5. The zero-order valence-electron chi connectivity index (χ0n) is 20.5. The van der Waals surface area contributed by atoms with E-state index in [0.717, 1.165) is 43.8 Å². The fourth-order valence-electron chi connectivity index (χ4n) is 5.29. The molecule has 0 unspecified atom stereocenters. The van der Waals surface area contributed by atoms with E-state index in [1.54, 1.807) is 0 Å². The van der Waals surface area contributed by atoms with E-state index in [1.807, 2.05) is 31.2 Å². The van der Waals surface area contributed by atoms with E-state index in [9.17, 15) is 4.79 Å². The summed E-state index contributed by atoms with van der Waals surface area (Å²) >= 11 is 0. The van der Waals surface area contributed by atoms with Crippen LogP contribution in [0, 0.1) is 0 Å².